The first-order chi connectivity index (χ1) is 8.26. The van der Waals surface area contributed by atoms with Crippen LogP contribution in [-0.4, -0.2) is 24.0 Å². The van der Waals surface area contributed by atoms with Crippen molar-refractivity contribution in [3.63, 3.8) is 0 Å². The van der Waals surface area contributed by atoms with Gasteiger partial charge in [-0.2, -0.15) is 0 Å². The zero-order valence-corrected chi connectivity index (χ0v) is 9.82. The van der Waals surface area contributed by atoms with Gasteiger partial charge in [-0.3, -0.25) is 9.78 Å². The summed E-state index contributed by atoms with van der Waals surface area (Å²) in [6.07, 6.45) is 1.41. The van der Waals surface area contributed by atoms with Crippen molar-refractivity contribution in [1.29, 1.82) is 0 Å². The van der Waals surface area contributed by atoms with Crippen LogP contribution < -0.4 is 4.74 Å². The van der Waals surface area contributed by atoms with E-state index in [9.17, 15) is 9.59 Å². The zero-order chi connectivity index (χ0) is 12.3. The second kappa shape index (κ2) is 4.92. The van der Waals surface area contributed by atoms with Crippen molar-refractivity contribution in [2.45, 2.75) is 6.92 Å². The molecule has 88 valence electrons. The summed E-state index contributed by atoms with van der Waals surface area (Å²) in [5.41, 5.74) is 0.953. The van der Waals surface area contributed by atoms with Crippen molar-refractivity contribution in [2.75, 3.05) is 6.61 Å². The van der Waals surface area contributed by atoms with Crippen LogP contribution in [0.5, 0.6) is 5.75 Å². The largest absolute Gasteiger partial charge is 0.462 e. The molecule has 0 aliphatic carbocycles. The molecular formula is C11H9NO4S. The Hall–Kier alpha value is -1.95. The van der Waals surface area contributed by atoms with Crippen molar-refractivity contribution in [3.8, 4) is 5.75 Å². The predicted molar refractivity (Wildman–Crippen MR) is 62.3 cm³/mol. The smallest absolute Gasteiger partial charge is 0.339 e. The van der Waals surface area contributed by atoms with E-state index in [0.717, 1.165) is 4.70 Å². The Morgan fingerprint density at radius 3 is 3.12 bits per heavy atom. The van der Waals surface area contributed by atoms with Crippen molar-refractivity contribution >= 4 is 34.0 Å². The van der Waals surface area contributed by atoms with E-state index in [-0.39, 0.29) is 0 Å². The van der Waals surface area contributed by atoms with Gasteiger partial charge in [0, 0.05) is 11.6 Å². The highest BCUT2D eigenvalue weighted by molar-refractivity contribution is 7.17. The van der Waals surface area contributed by atoms with Gasteiger partial charge in [0.2, 0.25) is 0 Å². The lowest BCUT2D eigenvalue weighted by Gasteiger charge is -2.01. The average Bonchev–Trinajstić information content (AvgIpc) is 2.73. The summed E-state index contributed by atoms with van der Waals surface area (Å²) in [4.78, 5) is 25.8. The summed E-state index contributed by atoms with van der Waals surface area (Å²) < 4.78 is 10.4. The number of hydrogen-bond acceptors (Lipinski definition) is 6. The molecule has 2 heterocycles. The van der Waals surface area contributed by atoms with E-state index >= 15 is 0 Å². The van der Waals surface area contributed by atoms with E-state index < -0.39 is 5.97 Å². The Balaban J connectivity index is 2.38. The molecule has 17 heavy (non-hydrogen) atoms. The summed E-state index contributed by atoms with van der Waals surface area (Å²) in [5, 5.41) is 1.67. The summed E-state index contributed by atoms with van der Waals surface area (Å²) >= 11 is 1.35. The van der Waals surface area contributed by atoms with E-state index in [0.29, 0.717) is 29.9 Å². The van der Waals surface area contributed by atoms with Crippen LogP contribution in [-0.2, 0) is 9.53 Å². The molecule has 0 N–H and O–H groups in total. The minimum absolute atomic E-state index is 0.320. The zero-order valence-electron chi connectivity index (χ0n) is 9.00. The molecule has 0 bridgehead atoms. The minimum atomic E-state index is -0.409. The maximum absolute atomic E-state index is 11.5. The number of esters is 1. The van der Waals surface area contributed by atoms with Gasteiger partial charge in [-0.05, 0) is 13.0 Å². The fraction of sp³-hybridized carbons (Fsp3) is 0.182. The molecule has 5 nitrogen and oxygen atoms in total. The van der Waals surface area contributed by atoms with Gasteiger partial charge in [0.05, 0.1) is 16.9 Å². The van der Waals surface area contributed by atoms with Crippen molar-refractivity contribution < 1.29 is 19.1 Å². The Labute approximate surface area is 101 Å². The first kappa shape index (κ1) is 11.5. The van der Waals surface area contributed by atoms with Crippen LogP contribution >= 0.6 is 11.3 Å². The van der Waals surface area contributed by atoms with E-state index in [1.54, 1.807) is 18.4 Å². The van der Waals surface area contributed by atoms with Crippen LogP contribution in [0.15, 0.2) is 17.6 Å². The van der Waals surface area contributed by atoms with Crippen LogP contribution in [0.1, 0.15) is 17.3 Å². The monoisotopic (exact) mass is 251 g/mol. The number of carbonyl (C=O) groups is 2. The van der Waals surface area contributed by atoms with Crippen molar-refractivity contribution in [1.82, 2.24) is 4.98 Å². The molecular weight excluding hydrogens is 242 g/mol. The Kier molecular flexibility index (Phi) is 3.34. The molecule has 0 unspecified atom stereocenters. The second-order valence-corrected chi connectivity index (χ2v) is 4.02. The van der Waals surface area contributed by atoms with Gasteiger partial charge in [0.25, 0.3) is 6.47 Å². The molecule has 2 aromatic heterocycles. The minimum Gasteiger partial charge on any atom is -0.462 e. The van der Waals surface area contributed by atoms with Gasteiger partial charge in [-0.25, -0.2) is 4.79 Å². The standard InChI is InChI=1S/C11H9NO4S/c1-2-15-11(14)7-3-9-10(12-4-7)8(5-17-9)16-6-13/h3-6H,2H2,1H3. The molecule has 0 spiro atoms. The SMILES string of the molecule is CCOC(=O)c1cnc2c(OC=O)csc2c1. The number of pyridine rings is 1. The number of ether oxygens (including phenoxy) is 2. The number of rotatable bonds is 4. The Morgan fingerprint density at radius 1 is 1.59 bits per heavy atom. The summed E-state index contributed by atoms with van der Waals surface area (Å²) in [6.45, 7) is 2.41. The third-order valence-electron chi connectivity index (χ3n) is 2.07. The lowest BCUT2D eigenvalue weighted by Crippen LogP contribution is -2.04. The maximum Gasteiger partial charge on any atom is 0.339 e. The predicted octanol–water partition coefficient (Wildman–Crippen LogP) is 2.01. The summed E-state index contributed by atoms with van der Waals surface area (Å²) in [5.74, 6) is -0.0106. The molecule has 0 atom stereocenters. The number of carbonyl (C=O) groups excluding carboxylic acids is 2. The Bertz CT molecular complexity index is 564. The highest BCUT2D eigenvalue weighted by Gasteiger charge is 2.12. The normalized spacial score (nSPS) is 10.2. The lowest BCUT2D eigenvalue weighted by atomic mass is 10.2. The first-order valence-corrected chi connectivity index (χ1v) is 5.79. The fourth-order valence-electron chi connectivity index (χ4n) is 1.35. The Morgan fingerprint density at radius 2 is 2.41 bits per heavy atom. The maximum atomic E-state index is 11.5. The van der Waals surface area contributed by atoms with E-state index in [1.807, 2.05) is 0 Å². The molecule has 0 fully saturated rings. The molecule has 0 aliphatic rings. The van der Waals surface area contributed by atoms with Crippen LogP contribution in [0.25, 0.3) is 10.2 Å². The van der Waals surface area contributed by atoms with Crippen molar-refractivity contribution in [2.24, 2.45) is 0 Å². The number of hydrogen-bond donors (Lipinski definition) is 0. The molecule has 2 rings (SSSR count). The molecule has 0 amide bonds. The van der Waals surface area contributed by atoms with Gasteiger partial charge < -0.3 is 9.47 Å². The fourth-order valence-corrected chi connectivity index (χ4v) is 2.21. The van der Waals surface area contributed by atoms with E-state index in [2.05, 4.69) is 4.98 Å². The topological polar surface area (TPSA) is 65.5 Å². The number of fused-ring (bicyclic) bond motifs is 1. The van der Waals surface area contributed by atoms with E-state index in [4.69, 9.17) is 9.47 Å². The third kappa shape index (κ3) is 2.26. The highest BCUT2D eigenvalue weighted by Crippen LogP contribution is 2.30. The quantitative estimate of drug-likeness (QED) is 0.614. The second-order valence-electron chi connectivity index (χ2n) is 3.11. The van der Waals surface area contributed by atoms with Gasteiger partial charge in [-0.1, -0.05) is 0 Å². The average molecular weight is 251 g/mol. The van der Waals surface area contributed by atoms with Crippen molar-refractivity contribution in [3.05, 3.63) is 23.2 Å². The van der Waals surface area contributed by atoms with Crippen LogP contribution in [0.3, 0.4) is 0 Å². The number of aromatic nitrogens is 1. The highest BCUT2D eigenvalue weighted by atomic mass is 32.1. The van der Waals surface area contributed by atoms with Crippen LogP contribution in [0.2, 0.25) is 0 Å². The molecule has 0 radical (unpaired) electrons. The third-order valence-corrected chi connectivity index (χ3v) is 2.96. The molecule has 6 heteroatoms. The molecule has 2 aromatic rings. The van der Waals surface area contributed by atoms with Crippen LogP contribution in [0.4, 0.5) is 0 Å². The van der Waals surface area contributed by atoms with Gasteiger partial charge in [-0.15, -0.1) is 11.3 Å². The molecule has 0 saturated carbocycles. The molecule has 0 aliphatic heterocycles. The van der Waals surface area contributed by atoms with Gasteiger partial charge in [0.15, 0.2) is 5.75 Å². The summed E-state index contributed by atoms with van der Waals surface area (Å²) in [6, 6.07) is 1.67. The first-order valence-electron chi connectivity index (χ1n) is 4.91. The van der Waals surface area contributed by atoms with E-state index in [1.165, 1.54) is 17.5 Å². The van der Waals surface area contributed by atoms with Gasteiger partial charge >= 0.3 is 5.97 Å². The van der Waals surface area contributed by atoms with Crippen LogP contribution in [0, 0.1) is 0 Å². The lowest BCUT2D eigenvalue weighted by molar-refractivity contribution is -0.120. The number of thiophene rings is 1. The summed E-state index contributed by atoms with van der Waals surface area (Å²) in [7, 11) is 0. The molecule has 0 aromatic carbocycles. The molecule has 0 saturated heterocycles. The van der Waals surface area contributed by atoms with Gasteiger partial charge in [0.1, 0.15) is 5.52 Å². The number of nitrogens with zero attached hydrogens (tertiary/aromatic N) is 1.